The van der Waals surface area contributed by atoms with Gasteiger partial charge in [-0.3, -0.25) is 9.78 Å². The van der Waals surface area contributed by atoms with Crippen LogP contribution >= 0.6 is 0 Å². The van der Waals surface area contributed by atoms with Gasteiger partial charge in [0, 0.05) is 19.3 Å². The van der Waals surface area contributed by atoms with Crippen molar-refractivity contribution in [1.82, 2.24) is 9.88 Å². The molecule has 1 atom stereocenters. The monoisotopic (exact) mass is 249 g/mol. The van der Waals surface area contributed by atoms with Gasteiger partial charge in [-0.05, 0) is 25.5 Å². The molecule has 0 aliphatic carbocycles. The number of carbonyl (C=O) groups excluding carboxylic acids is 1. The molecular formula is C14H23N3O. The van der Waals surface area contributed by atoms with Gasteiger partial charge < -0.3 is 10.6 Å². The Balaban J connectivity index is 2.64. The number of carbonyl (C=O) groups is 1. The third kappa shape index (κ3) is 4.11. The molecule has 0 aromatic carbocycles. The Kier molecular flexibility index (Phi) is 5.78. The minimum Gasteiger partial charge on any atom is -0.340 e. The van der Waals surface area contributed by atoms with Crippen LogP contribution in [0.2, 0.25) is 0 Å². The summed E-state index contributed by atoms with van der Waals surface area (Å²) in [5, 5.41) is 0. The highest BCUT2D eigenvalue weighted by molar-refractivity contribution is 5.78. The number of aromatic nitrogens is 1. The summed E-state index contributed by atoms with van der Waals surface area (Å²) in [4.78, 5) is 18.3. The molecule has 4 nitrogen and oxygen atoms in total. The number of rotatable bonds is 6. The molecule has 1 amide bonds. The van der Waals surface area contributed by atoms with Crippen LogP contribution in [0.1, 0.15) is 31.2 Å². The molecular weight excluding hydrogens is 226 g/mol. The maximum Gasteiger partial charge on any atom is 0.227 e. The van der Waals surface area contributed by atoms with Crippen molar-refractivity contribution in [2.45, 2.75) is 33.2 Å². The number of hydrogen-bond acceptors (Lipinski definition) is 3. The van der Waals surface area contributed by atoms with Gasteiger partial charge in [0.25, 0.3) is 0 Å². The van der Waals surface area contributed by atoms with Crippen molar-refractivity contribution in [3.63, 3.8) is 0 Å². The summed E-state index contributed by atoms with van der Waals surface area (Å²) < 4.78 is 0. The van der Waals surface area contributed by atoms with Crippen molar-refractivity contribution in [1.29, 1.82) is 0 Å². The second kappa shape index (κ2) is 7.11. The van der Waals surface area contributed by atoms with Crippen LogP contribution < -0.4 is 5.73 Å². The highest BCUT2D eigenvalue weighted by Gasteiger charge is 2.20. The Hall–Kier alpha value is -1.42. The van der Waals surface area contributed by atoms with Crippen molar-refractivity contribution < 1.29 is 4.79 Å². The lowest BCUT2D eigenvalue weighted by molar-refractivity contribution is -0.134. The normalized spacial score (nSPS) is 12.2. The van der Waals surface area contributed by atoms with Gasteiger partial charge >= 0.3 is 0 Å². The quantitative estimate of drug-likeness (QED) is 0.835. The molecule has 1 unspecified atom stereocenters. The molecule has 1 rings (SSSR count). The van der Waals surface area contributed by atoms with Crippen LogP contribution in [-0.2, 0) is 11.3 Å². The van der Waals surface area contributed by atoms with Gasteiger partial charge in [-0.1, -0.05) is 19.4 Å². The Morgan fingerprint density at radius 1 is 1.50 bits per heavy atom. The number of amides is 1. The SMILES string of the molecule is CCCC(CN)C(=O)N(C)Cc1cccc(C)n1. The first-order valence-corrected chi connectivity index (χ1v) is 6.46. The van der Waals surface area contributed by atoms with E-state index in [9.17, 15) is 4.79 Å². The van der Waals surface area contributed by atoms with E-state index in [-0.39, 0.29) is 11.8 Å². The topological polar surface area (TPSA) is 59.2 Å². The maximum absolute atomic E-state index is 12.2. The van der Waals surface area contributed by atoms with Gasteiger partial charge in [-0.15, -0.1) is 0 Å². The fraction of sp³-hybridized carbons (Fsp3) is 0.571. The molecule has 0 bridgehead atoms. The van der Waals surface area contributed by atoms with Gasteiger partial charge in [0.1, 0.15) is 0 Å². The number of nitrogens with zero attached hydrogens (tertiary/aromatic N) is 2. The van der Waals surface area contributed by atoms with E-state index < -0.39 is 0 Å². The molecule has 100 valence electrons. The molecule has 0 saturated heterocycles. The Labute approximate surface area is 109 Å². The largest absolute Gasteiger partial charge is 0.340 e. The van der Waals surface area contributed by atoms with Crippen LogP contribution in [0.5, 0.6) is 0 Å². The summed E-state index contributed by atoms with van der Waals surface area (Å²) in [5.74, 6) is 0.0486. The second-order valence-electron chi connectivity index (χ2n) is 4.69. The minimum absolute atomic E-state index is 0.0650. The van der Waals surface area contributed by atoms with Crippen LogP contribution in [0.25, 0.3) is 0 Å². The number of hydrogen-bond donors (Lipinski definition) is 1. The van der Waals surface area contributed by atoms with E-state index in [0.717, 1.165) is 24.2 Å². The predicted molar refractivity (Wildman–Crippen MR) is 72.9 cm³/mol. The highest BCUT2D eigenvalue weighted by Crippen LogP contribution is 2.10. The van der Waals surface area contributed by atoms with Crippen LogP contribution in [-0.4, -0.2) is 29.4 Å². The number of aryl methyl sites for hydroxylation is 1. The zero-order valence-corrected chi connectivity index (χ0v) is 11.5. The van der Waals surface area contributed by atoms with Crippen molar-refractivity contribution in [2.75, 3.05) is 13.6 Å². The summed E-state index contributed by atoms with van der Waals surface area (Å²) in [5.41, 5.74) is 7.54. The summed E-state index contributed by atoms with van der Waals surface area (Å²) in [6.45, 7) is 4.97. The molecule has 1 aromatic heterocycles. The lowest BCUT2D eigenvalue weighted by Crippen LogP contribution is -2.36. The standard InChI is InChI=1S/C14H23N3O/c1-4-6-12(9-15)14(18)17(3)10-13-8-5-7-11(2)16-13/h5,7-8,12H,4,6,9-10,15H2,1-3H3. The van der Waals surface area contributed by atoms with Crippen LogP contribution in [0, 0.1) is 12.8 Å². The molecule has 0 spiro atoms. The molecule has 0 aliphatic rings. The fourth-order valence-electron chi connectivity index (χ4n) is 2.01. The lowest BCUT2D eigenvalue weighted by Gasteiger charge is -2.22. The van der Waals surface area contributed by atoms with E-state index in [0.29, 0.717) is 13.1 Å². The second-order valence-corrected chi connectivity index (χ2v) is 4.69. The molecule has 2 N–H and O–H groups in total. The summed E-state index contributed by atoms with van der Waals surface area (Å²) in [7, 11) is 1.81. The lowest BCUT2D eigenvalue weighted by atomic mass is 10.0. The smallest absolute Gasteiger partial charge is 0.227 e. The van der Waals surface area contributed by atoms with Crippen LogP contribution in [0.3, 0.4) is 0 Å². The molecule has 0 aliphatic heterocycles. The fourth-order valence-corrected chi connectivity index (χ4v) is 2.01. The van der Waals surface area contributed by atoms with Gasteiger partial charge in [0.2, 0.25) is 5.91 Å². The van der Waals surface area contributed by atoms with Crippen LogP contribution in [0.15, 0.2) is 18.2 Å². The highest BCUT2D eigenvalue weighted by atomic mass is 16.2. The molecule has 0 radical (unpaired) electrons. The van der Waals surface area contributed by atoms with Crippen LogP contribution in [0.4, 0.5) is 0 Å². The van der Waals surface area contributed by atoms with Crippen molar-refractivity contribution in [3.8, 4) is 0 Å². The van der Waals surface area contributed by atoms with E-state index in [4.69, 9.17) is 5.73 Å². The molecule has 0 fully saturated rings. The number of nitrogens with two attached hydrogens (primary N) is 1. The molecule has 0 saturated carbocycles. The van der Waals surface area contributed by atoms with Gasteiger partial charge in [-0.25, -0.2) is 0 Å². The van der Waals surface area contributed by atoms with Crippen molar-refractivity contribution in [3.05, 3.63) is 29.6 Å². The molecule has 18 heavy (non-hydrogen) atoms. The van der Waals surface area contributed by atoms with E-state index in [1.807, 2.05) is 32.2 Å². The third-order valence-electron chi connectivity index (χ3n) is 2.99. The average Bonchev–Trinajstić information content (AvgIpc) is 2.35. The minimum atomic E-state index is -0.0650. The Bertz CT molecular complexity index is 392. The zero-order valence-electron chi connectivity index (χ0n) is 11.5. The van der Waals surface area contributed by atoms with Gasteiger partial charge in [0.15, 0.2) is 0 Å². The predicted octanol–water partition coefficient (Wildman–Crippen LogP) is 1.72. The summed E-state index contributed by atoms with van der Waals surface area (Å²) >= 11 is 0. The molecule has 1 heterocycles. The van der Waals surface area contributed by atoms with Gasteiger partial charge in [-0.2, -0.15) is 0 Å². The molecule has 1 aromatic rings. The van der Waals surface area contributed by atoms with E-state index in [2.05, 4.69) is 11.9 Å². The Morgan fingerprint density at radius 2 is 2.22 bits per heavy atom. The van der Waals surface area contributed by atoms with E-state index in [1.54, 1.807) is 4.90 Å². The van der Waals surface area contributed by atoms with Crippen molar-refractivity contribution >= 4 is 5.91 Å². The number of pyridine rings is 1. The molecule has 4 heteroatoms. The van der Waals surface area contributed by atoms with E-state index >= 15 is 0 Å². The zero-order chi connectivity index (χ0) is 13.5. The average molecular weight is 249 g/mol. The van der Waals surface area contributed by atoms with E-state index in [1.165, 1.54) is 0 Å². The summed E-state index contributed by atoms with van der Waals surface area (Å²) in [6, 6.07) is 5.85. The van der Waals surface area contributed by atoms with Crippen molar-refractivity contribution in [2.24, 2.45) is 11.7 Å². The summed E-state index contributed by atoms with van der Waals surface area (Å²) in [6.07, 6.45) is 1.82. The maximum atomic E-state index is 12.2. The first-order chi connectivity index (χ1) is 8.58. The Morgan fingerprint density at radius 3 is 2.78 bits per heavy atom. The third-order valence-corrected chi connectivity index (χ3v) is 2.99. The first kappa shape index (κ1) is 14.6. The van der Waals surface area contributed by atoms with Gasteiger partial charge in [0.05, 0.1) is 18.2 Å². The first-order valence-electron chi connectivity index (χ1n) is 6.46.